The molecule has 2 N–H and O–H groups in total. The SMILES string of the molecule is CCN(CC1CCC1)CC1COCC1N. The highest BCUT2D eigenvalue weighted by Gasteiger charge is 2.28. The fourth-order valence-corrected chi connectivity index (χ4v) is 2.51. The average Bonchev–Trinajstić information content (AvgIpc) is 2.56. The first-order chi connectivity index (χ1) is 7.29. The van der Waals surface area contributed by atoms with Crippen molar-refractivity contribution in [2.45, 2.75) is 32.2 Å². The largest absolute Gasteiger partial charge is 0.379 e. The van der Waals surface area contributed by atoms with Crippen LogP contribution in [0.2, 0.25) is 0 Å². The van der Waals surface area contributed by atoms with Crippen molar-refractivity contribution in [3.63, 3.8) is 0 Å². The summed E-state index contributed by atoms with van der Waals surface area (Å²) in [6.45, 7) is 7.43. The summed E-state index contributed by atoms with van der Waals surface area (Å²) >= 11 is 0. The fourth-order valence-electron chi connectivity index (χ4n) is 2.51. The van der Waals surface area contributed by atoms with Gasteiger partial charge in [0.25, 0.3) is 0 Å². The first kappa shape index (κ1) is 11.4. The lowest BCUT2D eigenvalue weighted by Crippen LogP contribution is -2.41. The minimum Gasteiger partial charge on any atom is -0.379 e. The highest BCUT2D eigenvalue weighted by molar-refractivity contribution is 4.82. The van der Waals surface area contributed by atoms with Crippen molar-refractivity contribution in [2.24, 2.45) is 17.6 Å². The van der Waals surface area contributed by atoms with Crippen LogP contribution in [0.3, 0.4) is 0 Å². The van der Waals surface area contributed by atoms with Gasteiger partial charge in [-0.15, -0.1) is 0 Å². The second-order valence-corrected chi connectivity index (χ2v) is 5.11. The lowest BCUT2D eigenvalue weighted by atomic mass is 9.85. The molecule has 2 aliphatic rings. The van der Waals surface area contributed by atoms with Crippen LogP contribution in [0.25, 0.3) is 0 Å². The summed E-state index contributed by atoms with van der Waals surface area (Å²) in [7, 11) is 0. The molecule has 88 valence electrons. The van der Waals surface area contributed by atoms with Gasteiger partial charge in [-0.1, -0.05) is 13.3 Å². The van der Waals surface area contributed by atoms with E-state index in [1.807, 2.05) is 0 Å². The normalized spacial score (nSPS) is 32.2. The molecule has 2 rings (SSSR count). The third-order valence-electron chi connectivity index (χ3n) is 3.93. The van der Waals surface area contributed by atoms with Crippen molar-refractivity contribution < 1.29 is 4.74 Å². The molecule has 2 fully saturated rings. The maximum absolute atomic E-state index is 6.01. The van der Waals surface area contributed by atoms with Crippen molar-refractivity contribution in [1.29, 1.82) is 0 Å². The maximum atomic E-state index is 6.01. The topological polar surface area (TPSA) is 38.5 Å². The highest BCUT2D eigenvalue weighted by atomic mass is 16.5. The Bertz CT molecular complexity index is 194. The van der Waals surface area contributed by atoms with Gasteiger partial charge in [0, 0.05) is 25.0 Å². The van der Waals surface area contributed by atoms with E-state index < -0.39 is 0 Å². The van der Waals surface area contributed by atoms with E-state index in [1.165, 1.54) is 25.8 Å². The summed E-state index contributed by atoms with van der Waals surface area (Å²) in [5.41, 5.74) is 6.01. The molecule has 3 nitrogen and oxygen atoms in total. The number of nitrogens with two attached hydrogens (primary N) is 1. The van der Waals surface area contributed by atoms with Crippen molar-refractivity contribution in [2.75, 3.05) is 32.8 Å². The van der Waals surface area contributed by atoms with Gasteiger partial charge < -0.3 is 15.4 Å². The zero-order chi connectivity index (χ0) is 10.7. The summed E-state index contributed by atoms with van der Waals surface area (Å²) in [4.78, 5) is 2.56. The van der Waals surface area contributed by atoms with Crippen LogP contribution in [0.4, 0.5) is 0 Å². The van der Waals surface area contributed by atoms with Gasteiger partial charge >= 0.3 is 0 Å². The molecular formula is C12H24N2O. The van der Waals surface area contributed by atoms with E-state index >= 15 is 0 Å². The Labute approximate surface area is 93.0 Å². The van der Waals surface area contributed by atoms with Gasteiger partial charge in [-0.2, -0.15) is 0 Å². The predicted molar refractivity (Wildman–Crippen MR) is 61.7 cm³/mol. The van der Waals surface area contributed by atoms with E-state index in [4.69, 9.17) is 10.5 Å². The van der Waals surface area contributed by atoms with Crippen LogP contribution < -0.4 is 5.73 Å². The molecule has 0 aromatic carbocycles. The Balaban J connectivity index is 1.73. The van der Waals surface area contributed by atoms with Crippen LogP contribution >= 0.6 is 0 Å². The monoisotopic (exact) mass is 212 g/mol. The number of ether oxygens (including phenoxy) is 1. The molecule has 2 unspecified atom stereocenters. The minimum atomic E-state index is 0.264. The quantitative estimate of drug-likeness (QED) is 0.741. The van der Waals surface area contributed by atoms with Gasteiger partial charge in [0.2, 0.25) is 0 Å². The number of hydrogen-bond acceptors (Lipinski definition) is 3. The van der Waals surface area contributed by atoms with Crippen LogP contribution in [0, 0.1) is 11.8 Å². The minimum absolute atomic E-state index is 0.264. The second-order valence-electron chi connectivity index (χ2n) is 5.11. The van der Waals surface area contributed by atoms with E-state index in [0.29, 0.717) is 5.92 Å². The van der Waals surface area contributed by atoms with Gasteiger partial charge in [0.05, 0.1) is 13.2 Å². The molecule has 1 saturated carbocycles. The first-order valence-corrected chi connectivity index (χ1v) is 6.35. The van der Waals surface area contributed by atoms with Gasteiger partial charge in [-0.25, -0.2) is 0 Å². The molecule has 15 heavy (non-hydrogen) atoms. The van der Waals surface area contributed by atoms with Gasteiger partial charge in [0.1, 0.15) is 0 Å². The third-order valence-corrected chi connectivity index (χ3v) is 3.93. The standard InChI is InChI=1S/C12H24N2O/c1-2-14(6-10-4-3-5-10)7-11-8-15-9-12(11)13/h10-12H,2-9,13H2,1H3. The Kier molecular flexibility index (Phi) is 4.00. The number of rotatable bonds is 5. The van der Waals surface area contributed by atoms with Gasteiger partial charge in [0.15, 0.2) is 0 Å². The molecule has 2 atom stereocenters. The molecule has 1 saturated heterocycles. The van der Waals surface area contributed by atoms with E-state index in [9.17, 15) is 0 Å². The Morgan fingerprint density at radius 1 is 1.27 bits per heavy atom. The molecule has 0 radical (unpaired) electrons. The van der Waals surface area contributed by atoms with Crippen LogP contribution in [0.1, 0.15) is 26.2 Å². The Hall–Kier alpha value is -0.120. The van der Waals surface area contributed by atoms with Crippen molar-refractivity contribution in [3.8, 4) is 0 Å². The Morgan fingerprint density at radius 2 is 2.07 bits per heavy atom. The molecular weight excluding hydrogens is 188 g/mol. The van der Waals surface area contributed by atoms with E-state index in [-0.39, 0.29) is 6.04 Å². The second kappa shape index (κ2) is 5.28. The van der Waals surface area contributed by atoms with E-state index in [2.05, 4.69) is 11.8 Å². The predicted octanol–water partition coefficient (Wildman–Crippen LogP) is 1.08. The summed E-state index contributed by atoms with van der Waals surface area (Å²) < 4.78 is 5.41. The van der Waals surface area contributed by atoms with Crippen LogP contribution in [-0.4, -0.2) is 43.8 Å². The van der Waals surface area contributed by atoms with Gasteiger partial charge in [-0.3, -0.25) is 0 Å². The molecule has 1 heterocycles. The molecule has 0 spiro atoms. The van der Waals surface area contributed by atoms with Crippen molar-refractivity contribution in [3.05, 3.63) is 0 Å². The fraction of sp³-hybridized carbons (Fsp3) is 1.00. The molecule has 0 aromatic rings. The molecule has 0 amide bonds. The lowest BCUT2D eigenvalue weighted by molar-refractivity contribution is 0.144. The first-order valence-electron chi connectivity index (χ1n) is 6.35. The summed E-state index contributed by atoms with van der Waals surface area (Å²) in [5, 5.41) is 0. The van der Waals surface area contributed by atoms with Crippen molar-refractivity contribution >= 4 is 0 Å². The molecule has 0 bridgehead atoms. The zero-order valence-electron chi connectivity index (χ0n) is 9.82. The van der Waals surface area contributed by atoms with E-state index in [1.54, 1.807) is 0 Å². The molecule has 0 aromatic heterocycles. The van der Waals surface area contributed by atoms with Crippen LogP contribution in [0.5, 0.6) is 0 Å². The smallest absolute Gasteiger partial charge is 0.0621 e. The van der Waals surface area contributed by atoms with Gasteiger partial charge in [-0.05, 0) is 25.3 Å². The summed E-state index contributed by atoms with van der Waals surface area (Å²) in [5.74, 6) is 1.52. The number of hydrogen-bond donors (Lipinski definition) is 1. The highest BCUT2D eigenvalue weighted by Crippen LogP contribution is 2.27. The average molecular weight is 212 g/mol. The summed E-state index contributed by atoms with van der Waals surface area (Å²) in [6.07, 6.45) is 4.31. The molecule has 1 aliphatic carbocycles. The van der Waals surface area contributed by atoms with Crippen LogP contribution in [-0.2, 0) is 4.74 Å². The number of nitrogens with zero attached hydrogens (tertiary/aromatic N) is 1. The molecule has 3 heteroatoms. The third kappa shape index (κ3) is 2.92. The zero-order valence-corrected chi connectivity index (χ0v) is 9.82. The summed E-state index contributed by atoms with van der Waals surface area (Å²) in [6, 6.07) is 0.264. The maximum Gasteiger partial charge on any atom is 0.0621 e. The Morgan fingerprint density at radius 3 is 2.53 bits per heavy atom. The lowest BCUT2D eigenvalue weighted by Gasteiger charge is -2.33. The van der Waals surface area contributed by atoms with Crippen LogP contribution in [0.15, 0.2) is 0 Å². The molecule has 1 aliphatic heterocycles. The van der Waals surface area contributed by atoms with Crippen molar-refractivity contribution in [1.82, 2.24) is 4.90 Å². The van der Waals surface area contributed by atoms with E-state index in [0.717, 1.165) is 32.2 Å².